The molecular weight excluding hydrogens is 728 g/mol. The van der Waals surface area contributed by atoms with Crippen LogP contribution in [0.15, 0.2) is 48.5 Å². The van der Waals surface area contributed by atoms with E-state index in [1.807, 2.05) is 71.0 Å². The molecule has 1 aliphatic heterocycles. The average Bonchev–Trinajstić information content (AvgIpc) is 3.95. The van der Waals surface area contributed by atoms with Crippen molar-refractivity contribution in [2.75, 3.05) is 92.5 Å². The van der Waals surface area contributed by atoms with Gasteiger partial charge in [0.15, 0.2) is 12.2 Å². The summed E-state index contributed by atoms with van der Waals surface area (Å²) >= 11 is 0. The van der Waals surface area contributed by atoms with Gasteiger partial charge in [0.1, 0.15) is 42.0 Å². The fourth-order valence-corrected chi connectivity index (χ4v) is 4.66. The van der Waals surface area contributed by atoms with Crippen LogP contribution in [0.3, 0.4) is 0 Å². The van der Waals surface area contributed by atoms with Crippen molar-refractivity contribution in [1.29, 1.82) is 0 Å². The number of rotatable bonds is 27. The summed E-state index contributed by atoms with van der Waals surface area (Å²) in [7, 11) is 0. The second-order valence-corrected chi connectivity index (χ2v) is 14.5. The quantitative estimate of drug-likeness (QED) is 0.0706. The Hall–Kier alpha value is -3.34. The topological polar surface area (TPSA) is 159 Å². The molecule has 0 aromatic heterocycles. The maximum absolute atomic E-state index is 12.0. The minimum absolute atomic E-state index is 0.196. The first kappa shape index (κ1) is 48.8. The third kappa shape index (κ3) is 23.7. The molecule has 0 amide bonds. The first-order valence-corrected chi connectivity index (χ1v) is 19.4. The maximum atomic E-state index is 12.0. The molecule has 1 saturated heterocycles. The van der Waals surface area contributed by atoms with E-state index in [4.69, 9.17) is 52.1 Å². The molecule has 1 aliphatic rings. The van der Waals surface area contributed by atoms with Gasteiger partial charge in [-0.3, -0.25) is 0 Å². The molecule has 14 nitrogen and oxygen atoms in total. The third-order valence-electron chi connectivity index (χ3n) is 7.26. The fourth-order valence-electron chi connectivity index (χ4n) is 4.66. The van der Waals surface area contributed by atoms with Gasteiger partial charge in [0.25, 0.3) is 0 Å². The lowest BCUT2D eigenvalue weighted by molar-refractivity contribution is -0.165. The summed E-state index contributed by atoms with van der Waals surface area (Å²) in [6.07, 6.45) is -1.75. The molecule has 56 heavy (non-hydrogen) atoms. The van der Waals surface area contributed by atoms with Gasteiger partial charge in [-0.25, -0.2) is 9.59 Å². The van der Waals surface area contributed by atoms with Gasteiger partial charge in [-0.1, -0.05) is 24.3 Å². The molecule has 14 heteroatoms. The number of aliphatic hydroxyl groups is 1. The van der Waals surface area contributed by atoms with Crippen LogP contribution in [0.1, 0.15) is 72.6 Å². The van der Waals surface area contributed by atoms with Crippen LogP contribution < -0.4 is 9.47 Å². The van der Waals surface area contributed by atoms with Crippen LogP contribution in [0.25, 0.3) is 0 Å². The number of hydrogen-bond acceptors (Lipinski definition) is 14. The van der Waals surface area contributed by atoms with Gasteiger partial charge in [0.05, 0.1) is 66.1 Å². The maximum Gasteiger partial charge on any atom is 0.338 e. The molecule has 0 bridgehead atoms. The van der Waals surface area contributed by atoms with Crippen LogP contribution in [0.5, 0.6) is 11.5 Å². The molecule has 318 valence electrons. The predicted octanol–water partition coefficient (Wildman–Crippen LogP) is 5.30. The van der Waals surface area contributed by atoms with Gasteiger partial charge in [-0.15, -0.1) is 0 Å². The van der Waals surface area contributed by atoms with E-state index in [1.165, 1.54) is 0 Å². The van der Waals surface area contributed by atoms with Crippen molar-refractivity contribution in [3.8, 4) is 11.5 Å². The van der Waals surface area contributed by atoms with Crippen molar-refractivity contribution < 1.29 is 66.8 Å². The van der Waals surface area contributed by atoms with Crippen LogP contribution in [-0.4, -0.2) is 133 Å². The lowest BCUT2D eigenvalue weighted by atomic mass is 10.1. The van der Waals surface area contributed by atoms with Gasteiger partial charge in [0, 0.05) is 19.6 Å². The van der Waals surface area contributed by atoms with Crippen molar-refractivity contribution in [2.45, 2.75) is 91.3 Å². The second-order valence-electron chi connectivity index (χ2n) is 14.5. The number of esters is 2. The Morgan fingerprint density at radius 2 is 0.982 bits per heavy atom. The van der Waals surface area contributed by atoms with E-state index in [0.717, 1.165) is 16.9 Å². The number of ether oxygens (including phenoxy) is 11. The van der Waals surface area contributed by atoms with Crippen LogP contribution in [0.4, 0.5) is 0 Å². The zero-order valence-corrected chi connectivity index (χ0v) is 34.7. The van der Waals surface area contributed by atoms with E-state index in [1.54, 1.807) is 32.9 Å². The van der Waals surface area contributed by atoms with E-state index >= 15 is 0 Å². The first-order valence-electron chi connectivity index (χ1n) is 19.4. The summed E-state index contributed by atoms with van der Waals surface area (Å²) in [6.45, 7) is 22.5. The molecule has 0 saturated carbocycles. The Labute approximate surface area is 333 Å². The minimum Gasteiger partial charge on any atom is -0.491 e. The molecule has 0 aliphatic carbocycles. The van der Waals surface area contributed by atoms with E-state index in [2.05, 4.69) is 0 Å². The van der Waals surface area contributed by atoms with Gasteiger partial charge >= 0.3 is 11.9 Å². The van der Waals surface area contributed by atoms with E-state index in [0.29, 0.717) is 98.2 Å². The van der Waals surface area contributed by atoms with Crippen LogP contribution in [-0.2, 0) is 58.6 Å². The summed E-state index contributed by atoms with van der Waals surface area (Å²) in [5.74, 6) is 0.505. The van der Waals surface area contributed by atoms with Crippen molar-refractivity contribution >= 4 is 11.9 Å². The molecule has 0 spiro atoms. The fraction of sp³-hybridized carbons (Fsp3) is 0.667. The average molecular weight is 795 g/mol. The predicted molar refractivity (Wildman–Crippen MR) is 209 cm³/mol. The van der Waals surface area contributed by atoms with Crippen LogP contribution in [0, 0.1) is 0 Å². The molecule has 3 rings (SSSR count). The summed E-state index contributed by atoms with van der Waals surface area (Å²) in [6, 6.07) is 14.8. The normalized spacial score (nSPS) is 15.7. The number of aliphatic hydroxyl groups excluding tert-OH is 1. The first-order chi connectivity index (χ1) is 26.7. The second kappa shape index (κ2) is 27.3. The molecule has 0 unspecified atom stereocenters. The molecule has 3 atom stereocenters. The number of hydrogen-bond donors (Lipinski definition) is 1. The molecule has 1 N–H and O–H groups in total. The number of carbonyl (C=O) groups excluding carboxylic acids is 2. The molecule has 2 aromatic carbocycles. The Balaban J connectivity index is 0.000000387. The summed E-state index contributed by atoms with van der Waals surface area (Å²) in [5.41, 5.74) is 0.630. The van der Waals surface area contributed by atoms with E-state index in [9.17, 15) is 14.7 Å². The Morgan fingerprint density at radius 1 is 0.589 bits per heavy atom. The smallest absolute Gasteiger partial charge is 0.338 e. The zero-order chi connectivity index (χ0) is 41.2. The largest absolute Gasteiger partial charge is 0.491 e. The highest BCUT2D eigenvalue weighted by Gasteiger charge is 2.48. The monoisotopic (exact) mass is 794 g/mol. The van der Waals surface area contributed by atoms with E-state index < -0.39 is 29.4 Å². The molecule has 1 fully saturated rings. The van der Waals surface area contributed by atoms with Gasteiger partial charge in [-0.2, -0.15) is 0 Å². The number of carbonyl (C=O) groups is 2. The Morgan fingerprint density at radius 3 is 1.39 bits per heavy atom. The lowest BCUT2D eigenvalue weighted by Gasteiger charge is -2.21. The van der Waals surface area contributed by atoms with Crippen LogP contribution >= 0.6 is 0 Å². The highest BCUT2D eigenvalue weighted by molar-refractivity contribution is 5.79. The lowest BCUT2D eigenvalue weighted by Crippen LogP contribution is -2.32. The Bertz CT molecular complexity index is 1290. The van der Waals surface area contributed by atoms with Gasteiger partial charge in [-0.05, 0) is 90.8 Å². The molecule has 0 radical (unpaired) electrons. The Kier molecular flexibility index (Phi) is 23.8. The van der Waals surface area contributed by atoms with Crippen LogP contribution in [0.2, 0.25) is 0 Å². The zero-order valence-electron chi connectivity index (χ0n) is 34.7. The van der Waals surface area contributed by atoms with Gasteiger partial charge < -0.3 is 57.2 Å². The molecule has 1 heterocycles. The van der Waals surface area contributed by atoms with Crippen molar-refractivity contribution in [2.24, 2.45) is 0 Å². The highest BCUT2D eigenvalue weighted by Crippen LogP contribution is 2.40. The molecule has 2 aromatic rings. The standard InChI is InChI=1S/C21H32O7.C21H34O7/c1-5-23-10-11-24-12-13-25-14-15-26-17-8-6-16(7-9-17)18-19(27-18)20(22)28-21(2,3)4;1-5-24-10-11-25-12-13-26-14-15-27-18-8-6-17(7-9-18)16-19(22)20(23)28-21(2,3)4/h6-9,18-19H,5,10-15H2,1-4H3;6-9,19,22H,5,10-16H2,1-4H3/t18-,19+;19-/m10/s1. The van der Waals surface area contributed by atoms with Crippen molar-refractivity contribution in [1.82, 2.24) is 0 Å². The SMILES string of the molecule is CCOCCOCCOCCOc1ccc(C[C@H](O)C(=O)OC(C)(C)C)cc1.CCOCCOCCOCCOc1ccc([C@H]2O[C@@H]2C(=O)OC(C)(C)C)cc1. The summed E-state index contributed by atoms with van der Waals surface area (Å²) in [5, 5.41) is 9.97. The molecular formula is C42H66O14. The van der Waals surface area contributed by atoms with Gasteiger partial charge in [0.2, 0.25) is 0 Å². The summed E-state index contributed by atoms with van der Waals surface area (Å²) in [4.78, 5) is 23.8. The third-order valence-corrected chi connectivity index (χ3v) is 7.26. The van der Waals surface area contributed by atoms with Crippen molar-refractivity contribution in [3.63, 3.8) is 0 Å². The van der Waals surface area contributed by atoms with E-state index in [-0.39, 0.29) is 18.5 Å². The highest BCUT2D eigenvalue weighted by atomic mass is 16.6. The van der Waals surface area contributed by atoms with Crippen molar-refractivity contribution in [3.05, 3.63) is 59.7 Å². The minimum atomic E-state index is -1.19. The number of epoxide rings is 1. The summed E-state index contributed by atoms with van der Waals surface area (Å²) < 4.78 is 59.1. The number of benzene rings is 2.